The normalized spacial score (nSPS) is 28.1. The van der Waals surface area contributed by atoms with E-state index in [1.165, 1.54) is 18.7 Å². The Morgan fingerprint density at radius 3 is 2.65 bits per heavy atom. The fraction of sp³-hybridized carbons (Fsp3) is 0.643. The smallest absolute Gasteiger partial charge is 0.243 e. The molecule has 1 saturated carbocycles. The first-order valence-electron chi connectivity index (χ1n) is 7.22. The summed E-state index contributed by atoms with van der Waals surface area (Å²) in [6.07, 6.45) is 8.01. The largest absolute Gasteiger partial charge is 0.244 e. The van der Waals surface area contributed by atoms with Crippen LogP contribution in [0.25, 0.3) is 0 Å². The molecule has 0 unspecified atom stereocenters. The zero-order valence-electron chi connectivity index (χ0n) is 11.3. The molecule has 2 aliphatic rings. The molecule has 0 spiro atoms. The standard InChI is InChI=1S/C14H19ClN2O2S/c15-14-8-7-12(10-16-14)20(18,19)17-9-3-5-11-4-1-2-6-13(11)17/h7-8,10-11,13H,1-6,9H2/t11-,13+/m1/s1. The molecule has 1 aliphatic carbocycles. The number of halogens is 1. The van der Waals surface area contributed by atoms with Gasteiger partial charge >= 0.3 is 0 Å². The molecular formula is C14H19ClN2O2S. The third-order valence-electron chi connectivity index (χ3n) is 4.50. The van der Waals surface area contributed by atoms with E-state index < -0.39 is 10.0 Å². The summed E-state index contributed by atoms with van der Waals surface area (Å²) >= 11 is 5.74. The molecule has 0 amide bonds. The summed E-state index contributed by atoms with van der Waals surface area (Å²) < 4.78 is 27.3. The third kappa shape index (κ3) is 2.59. The molecule has 0 bridgehead atoms. The number of nitrogens with zero attached hydrogens (tertiary/aromatic N) is 2. The van der Waals surface area contributed by atoms with E-state index in [4.69, 9.17) is 11.6 Å². The highest BCUT2D eigenvalue weighted by Crippen LogP contribution is 2.37. The Kier molecular flexibility index (Phi) is 4.02. The topological polar surface area (TPSA) is 50.3 Å². The number of rotatable bonds is 2. The maximum absolute atomic E-state index is 12.8. The molecular weight excluding hydrogens is 296 g/mol. The van der Waals surface area contributed by atoms with Crippen molar-refractivity contribution < 1.29 is 8.42 Å². The van der Waals surface area contributed by atoms with Crippen LogP contribution in [0.3, 0.4) is 0 Å². The summed E-state index contributed by atoms with van der Waals surface area (Å²) in [5, 5.41) is 0.318. The zero-order valence-corrected chi connectivity index (χ0v) is 12.9. The average molecular weight is 315 g/mol. The molecule has 4 nitrogen and oxygen atoms in total. The highest BCUT2D eigenvalue weighted by Gasteiger charge is 2.39. The molecule has 1 saturated heterocycles. The predicted molar refractivity (Wildman–Crippen MR) is 78.1 cm³/mol. The Morgan fingerprint density at radius 1 is 1.15 bits per heavy atom. The number of hydrogen-bond acceptors (Lipinski definition) is 3. The highest BCUT2D eigenvalue weighted by molar-refractivity contribution is 7.89. The van der Waals surface area contributed by atoms with Gasteiger partial charge in [0.05, 0.1) is 0 Å². The van der Waals surface area contributed by atoms with Crippen LogP contribution in [0.1, 0.15) is 38.5 Å². The van der Waals surface area contributed by atoms with E-state index in [1.54, 1.807) is 10.4 Å². The van der Waals surface area contributed by atoms with Crippen molar-refractivity contribution >= 4 is 21.6 Å². The fourth-order valence-electron chi connectivity index (χ4n) is 3.53. The van der Waals surface area contributed by atoms with Crippen molar-refractivity contribution in [3.8, 4) is 0 Å². The SMILES string of the molecule is O=S(=O)(c1ccc(Cl)nc1)N1CCC[C@H]2CCCC[C@@H]21. The Labute approximate surface area is 125 Å². The van der Waals surface area contributed by atoms with Gasteiger partial charge in [-0.25, -0.2) is 13.4 Å². The van der Waals surface area contributed by atoms with Crippen molar-refractivity contribution in [2.45, 2.75) is 49.5 Å². The molecule has 1 aromatic rings. The van der Waals surface area contributed by atoms with Crippen LogP contribution >= 0.6 is 11.6 Å². The number of sulfonamides is 1. The summed E-state index contributed by atoms with van der Waals surface area (Å²) in [5.74, 6) is 0.535. The number of hydrogen-bond donors (Lipinski definition) is 0. The van der Waals surface area contributed by atoms with Gasteiger partial charge in [0.2, 0.25) is 10.0 Å². The van der Waals surface area contributed by atoms with E-state index in [0.717, 1.165) is 32.1 Å². The van der Waals surface area contributed by atoms with Crippen molar-refractivity contribution in [2.24, 2.45) is 5.92 Å². The van der Waals surface area contributed by atoms with E-state index in [9.17, 15) is 8.42 Å². The third-order valence-corrected chi connectivity index (χ3v) is 6.63. The van der Waals surface area contributed by atoms with Gasteiger partial charge in [0, 0.05) is 18.8 Å². The molecule has 0 N–H and O–H groups in total. The molecule has 6 heteroatoms. The summed E-state index contributed by atoms with van der Waals surface area (Å²) in [4.78, 5) is 4.16. The van der Waals surface area contributed by atoms with Gasteiger partial charge in [0.25, 0.3) is 0 Å². The second kappa shape index (κ2) is 5.62. The van der Waals surface area contributed by atoms with Crippen molar-refractivity contribution in [3.05, 3.63) is 23.5 Å². The van der Waals surface area contributed by atoms with E-state index in [1.807, 2.05) is 0 Å². The summed E-state index contributed by atoms with van der Waals surface area (Å²) in [6, 6.07) is 3.27. The average Bonchev–Trinajstić information content (AvgIpc) is 2.47. The number of piperidine rings is 1. The molecule has 110 valence electrons. The van der Waals surface area contributed by atoms with Crippen LogP contribution in [0.2, 0.25) is 5.15 Å². The molecule has 0 radical (unpaired) electrons. The van der Waals surface area contributed by atoms with E-state index in [0.29, 0.717) is 17.6 Å². The van der Waals surface area contributed by atoms with Gasteiger partial charge in [-0.1, -0.05) is 24.4 Å². The van der Waals surface area contributed by atoms with Gasteiger partial charge in [-0.3, -0.25) is 0 Å². The number of fused-ring (bicyclic) bond motifs is 1. The van der Waals surface area contributed by atoms with Crippen LogP contribution < -0.4 is 0 Å². The molecule has 20 heavy (non-hydrogen) atoms. The summed E-state index contributed by atoms with van der Waals surface area (Å²) in [5.41, 5.74) is 0. The molecule has 2 atom stereocenters. The molecule has 1 aliphatic heterocycles. The second-order valence-corrected chi connectivity index (χ2v) is 7.96. The van der Waals surface area contributed by atoms with Crippen molar-refractivity contribution in [2.75, 3.05) is 6.54 Å². The molecule has 2 fully saturated rings. The van der Waals surface area contributed by atoms with Crippen molar-refractivity contribution in [3.63, 3.8) is 0 Å². The van der Waals surface area contributed by atoms with Gasteiger partial charge in [0.1, 0.15) is 10.0 Å². The first-order chi connectivity index (χ1) is 9.59. The second-order valence-electron chi connectivity index (χ2n) is 5.69. The number of pyridine rings is 1. The molecule has 0 aromatic carbocycles. The first-order valence-corrected chi connectivity index (χ1v) is 9.04. The van der Waals surface area contributed by atoms with Crippen LogP contribution in [0, 0.1) is 5.92 Å². The lowest BCUT2D eigenvalue weighted by Crippen LogP contribution is -2.49. The van der Waals surface area contributed by atoms with Crippen LogP contribution in [-0.4, -0.2) is 30.3 Å². The predicted octanol–water partition coefficient (Wildman–Crippen LogP) is 3.08. The van der Waals surface area contributed by atoms with Crippen LogP contribution in [0.15, 0.2) is 23.2 Å². The van der Waals surface area contributed by atoms with E-state index in [-0.39, 0.29) is 10.9 Å². The van der Waals surface area contributed by atoms with Crippen LogP contribution in [0.4, 0.5) is 0 Å². The molecule has 2 heterocycles. The molecule has 3 rings (SSSR count). The lowest BCUT2D eigenvalue weighted by atomic mass is 9.79. The van der Waals surface area contributed by atoms with Crippen LogP contribution in [-0.2, 0) is 10.0 Å². The Morgan fingerprint density at radius 2 is 1.90 bits per heavy atom. The number of aromatic nitrogens is 1. The van der Waals surface area contributed by atoms with E-state index >= 15 is 0 Å². The minimum atomic E-state index is -3.44. The van der Waals surface area contributed by atoms with Gasteiger partial charge in [-0.05, 0) is 43.7 Å². The fourth-order valence-corrected chi connectivity index (χ4v) is 5.34. The Bertz CT molecular complexity index is 571. The van der Waals surface area contributed by atoms with Crippen molar-refractivity contribution in [1.29, 1.82) is 0 Å². The minimum absolute atomic E-state index is 0.179. The summed E-state index contributed by atoms with van der Waals surface area (Å²) in [7, 11) is -3.44. The lowest BCUT2D eigenvalue weighted by molar-refractivity contribution is 0.129. The minimum Gasteiger partial charge on any atom is -0.243 e. The monoisotopic (exact) mass is 314 g/mol. The quantitative estimate of drug-likeness (QED) is 0.788. The lowest BCUT2D eigenvalue weighted by Gasteiger charge is -2.43. The van der Waals surface area contributed by atoms with Crippen LogP contribution in [0.5, 0.6) is 0 Å². The first kappa shape index (κ1) is 14.3. The Balaban J connectivity index is 1.91. The maximum Gasteiger partial charge on any atom is 0.244 e. The van der Waals surface area contributed by atoms with Gasteiger partial charge in [0.15, 0.2) is 0 Å². The van der Waals surface area contributed by atoms with E-state index in [2.05, 4.69) is 4.98 Å². The zero-order chi connectivity index (χ0) is 14.2. The summed E-state index contributed by atoms with van der Waals surface area (Å²) in [6.45, 7) is 0.631. The Hall–Kier alpha value is -0.650. The van der Waals surface area contributed by atoms with Crippen molar-refractivity contribution in [1.82, 2.24) is 9.29 Å². The van der Waals surface area contributed by atoms with Gasteiger partial charge in [-0.2, -0.15) is 4.31 Å². The highest BCUT2D eigenvalue weighted by atomic mass is 35.5. The van der Waals surface area contributed by atoms with Gasteiger partial charge in [-0.15, -0.1) is 0 Å². The maximum atomic E-state index is 12.8. The molecule has 1 aromatic heterocycles. The van der Waals surface area contributed by atoms with Gasteiger partial charge < -0.3 is 0 Å².